The van der Waals surface area contributed by atoms with E-state index in [0.717, 1.165) is 43.0 Å². The quantitative estimate of drug-likeness (QED) is 0.778. The topological polar surface area (TPSA) is 75.4 Å². The second-order valence-corrected chi connectivity index (χ2v) is 6.79. The number of fused-ring (bicyclic) bond motifs is 1. The number of benzene rings is 1. The van der Waals surface area contributed by atoms with Gasteiger partial charge in [-0.2, -0.15) is 4.52 Å². The lowest BCUT2D eigenvalue weighted by Gasteiger charge is -2.32. The summed E-state index contributed by atoms with van der Waals surface area (Å²) in [6.07, 6.45) is 3.27. The van der Waals surface area contributed by atoms with E-state index in [1.54, 1.807) is 10.8 Å². The first-order valence-corrected chi connectivity index (χ1v) is 8.94. The Balaban J connectivity index is 1.31. The van der Waals surface area contributed by atoms with Gasteiger partial charge in [0.1, 0.15) is 12.1 Å². The standard InChI is InChI=1S/C19H22N6O/c1-14-2-4-15(5-3-14)12-20-19(26)16-8-10-24(11-9-16)18-7-6-17-22-21-13-25(17)23-18/h2-7,13,16H,8-12H2,1H3,(H,20,26). The Morgan fingerprint density at radius 1 is 1.15 bits per heavy atom. The molecule has 7 nitrogen and oxygen atoms in total. The molecular formula is C19H22N6O. The molecule has 1 aliphatic heterocycles. The molecule has 0 radical (unpaired) electrons. The van der Waals surface area contributed by atoms with Crippen molar-refractivity contribution < 1.29 is 4.79 Å². The molecule has 1 aliphatic rings. The van der Waals surface area contributed by atoms with Crippen LogP contribution >= 0.6 is 0 Å². The molecule has 1 N–H and O–H groups in total. The fourth-order valence-corrected chi connectivity index (χ4v) is 3.30. The highest BCUT2D eigenvalue weighted by atomic mass is 16.1. The first-order chi connectivity index (χ1) is 12.7. The molecule has 0 saturated carbocycles. The highest BCUT2D eigenvalue weighted by Gasteiger charge is 2.25. The van der Waals surface area contributed by atoms with Crippen molar-refractivity contribution >= 4 is 17.4 Å². The van der Waals surface area contributed by atoms with Gasteiger partial charge in [0.15, 0.2) is 5.65 Å². The van der Waals surface area contributed by atoms with E-state index in [4.69, 9.17) is 0 Å². The lowest BCUT2D eigenvalue weighted by atomic mass is 9.96. The van der Waals surface area contributed by atoms with Crippen LogP contribution in [0.1, 0.15) is 24.0 Å². The van der Waals surface area contributed by atoms with E-state index >= 15 is 0 Å². The second kappa shape index (κ2) is 7.11. The Kier molecular flexibility index (Phi) is 4.51. The Morgan fingerprint density at radius 3 is 2.69 bits per heavy atom. The minimum Gasteiger partial charge on any atom is -0.355 e. The van der Waals surface area contributed by atoms with Crippen molar-refractivity contribution in [1.82, 2.24) is 25.1 Å². The highest BCUT2D eigenvalue weighted by Crippen LogP contribution is 2.22. The van der Waals surface area contributed by atoms with Gasteiger partial charge in [0.2, 0.25) is 5.91 Å². The summed E-state index contributed by atoms with van der Waals surface area (Å²) in [5, 5.41) is 15.4. The normalized spacial score (nSPS) is 15.3. The summed E-state index contributed by atoms with van der Waals surface area (Å²) >= 11 is 0. The number of carbonyl (C=O) groups is 1. The fourth-order valence-electron chi connectivity index (χ4n) is 3.30. The summed E-state index contributed by atoms with van der Waals surface area (Å²) in [4.78, 5) is 14.7. The predicted octanol–water partition coefficient (Wildman–Crippen LogP) is 1.97. The van der Waals surface area contributed by atoms with Crippen LogP contribution in [0.25, 0.3) is 5.65 Å². The number of nitrogens with zero attached hydrogens (tertiary/aromatic N) is 5. The number of hydrogen-bond acceptors (Lipinski definition) is 5. The number of piperidine rings is 1. The van der Waals surface area contributed by atoms with Gasteiger partial charge in [-0.15, -0.1) is 15.3 Å². The smallest absolute Gasteiger partial charge is 0.223 e. The summed E-state index contributed by atoms with van der Waals surface area (Å²) in [5.74, 6) is 1.11. The molecule has 1 amide bonds. The Morgan fingerprint density at radius 2 is 1.92 bits per heavy atom. The Bertz CT molecular complexity index is 896. The van der Waals surface area contributed by atoms with Crippen LogP contribution in [0.15, 0.2) is 42.7 Å². The van der Waals surface area contributed by atoms with E-state index in [2.05, 4.69) is 56.7 Å². The highest BCUT2D eigenvalue weighted by molar-refractivity contribution is 5.79. The van der Waals surface area contributed by atoms with Crippen molar-refractivity contribution in [2.45, 2.75) is 26.3 Å². The van der Waals surface area contributed by atoms with Crippen molar-refractivity contribution in [3.63, 3.8) is 0 Å². The lowest BCUT2D eigenvalue weighted by molar-refractivity contribution is -0.125. The first-order valence-electron chi connectivity index (χ1n) is 8.94. The Hall–Kier alpha value is -2.96. The number of anilines is 1. The van der Waals surface area contributed by atoms with Gasteiger partial charge >= 0.3 is 0 Å². The van der Waals surface area contributed by atoms with Crippen LogP contribution < -0.4 is 10.2 Å². The average Bonchev–Trinajstić information content (AvgIpc) is 3.15. The number of rotatable bonds is 4. The minimum atomic E-state index is 0.0651. The third kappa shape index (κ3) is 3.51. The van der Waals surface area contributed by atoms with E-state index in [1.807, 2.05) is 12.1 Å². The molecule has 0 unspecified atom stereocenters. The van der Waals surface area contributed by atoms with E-state index in [-0.39, 0.29) is 11.8 Å². The largest absolute Gasteiger partial charge is 0.355 e. The fraction of sp³-hybridized carbons (Fsp3) is 0.368. The van der Waals surface area contributed by atoms with Crippen LogP contribution in [-0.4, -0.2) is 38.8 Å². The van der Waals surface area contributed by atoms with E-state index in [0.29, 0.717) is 6.54 Å². The van der Waals surface area contributed by atoms with Crippen LogP contribution in [0.3, 0.4) is 0 Å². The summed E-state index contributed by atoms with van der Waals surface area (Å²) in [5.41, 5.74) is 3.10. The number of aromatic nitrogens is 4. The van der Waals surface area contributed by atoms with Crippen LogP contribution in [0, 0.1) is 12.8 Å². The lowest BCUT2D eigenvalue weighted by Crippen LogP contribution is -2.40. The zero-order valence-corrected chi connectivity index (χ0v) is 14.8. The van der Waals surface area contributed by atoms with Gasteiger partial charge in [0.25, 0.3) is 0 Å². The molecule has 134 valence electrons. The van der Waals surface area contributed by atoms with Crippen LogP contribution in [-0.2, 0) is 11.3 Å². The Labute approximate surface area is 152 Å². The zero-order valence-electron chi connectivity index (χ0n) is 14.8. The van der Waals surface area contributed by atoms with Crippen molar-refractivity contribution in [3.8, 4) is 0 Å². The molecule has 7 heteroatoms. The average molecular weight is 350 g/mol. The van der Waals surface area contributed by atoms with Gasteiger partial charge in [-0.1, -0.05) is 29.8 Å². The van der Waals surface area contributed by atoms with Crippen LogP contribution in [0.5, 0.6) is 0 Å². The monoisotopic (exact) mass is 350 g/mol. The van der Waals surface area contributed by atoms with Crippen molar-refractivity contribution in [2.75, 3.05) is 18.0 Å². The number of hydrogen-bond donors (Lipinski definition) is 1. The number of carbonyl (C=O) groups excluding carboxylic acids is 1. The first kappa shape index (κ1) is 16.5. The summed E-state index contributed by atoms with van der Waals surface area (Å²) in [6, 6.07) is 12.1. The molecule has 1 aromatic carbocycles. The van der Waals surface area contributed by atoms with Crippen molar-refractivity contribution in [2.24, 2.45) is 5.92 Å². The van der Waals surface area contributed by atoms with Gasteiger partial charge in [-0.25, -0.2) is 0 Å². The molecule has 2 aromatic heterocycles. The summed E-state index contributed by atoms with van der Waals surface area (Å²) in [6.45, 7) is 4.30. The molecule has 0 bridgehead atoms. The maximum atomic E-state index is 12.5. The van der Waals surface area contributed by atoms with Gasteiger partial charge < -0.3 is 10.2 Å². The SMILES string of the molecule is Cc1ccc(CNC(=O)C2CCN(c3ccc4nncn4n3)CC2)cc1. The van der Waals surface area contributed by atoms with Gasteiger partial charge in [-0.05, 0) is 37.5 Å². The predicted molar refractivity (Wildman–Crippen MR) is 98.7 cm³/mol. The zero-order chi connectivity index (χ0) is 17.9. The molecule has 0 spiro atoms. The molecular weight excluding hydrogens is 328 g/mol. The van der Waals surface area contributed by atoms with Crippen LogP contribution in [0.2, 0.25) is 0 Å². The maximum absolute atomic E-state index is 12.5. The molecule has 4 rings (SSSR count). The number of aryl methyl sites for hydroxylation is 1. The van der Waals surface area contributed by atoms with E-state index in [1.165, 1.54) is 5.56 Å². The van der Waals surface area contributed by atoms with Crippen molar-refractivity contribution in [1.29, 1.82) is 0 Å². The molecule has 1 saturated heterocycles. The van der Waals surface area contributed by atoms with Crippen molar-refractivity contribution in [3.05, 3.63) is 53.9 Å². The molecule has 26 heavy (non-hydrogen) atoms. The number of nitrogens with one attached hydrogen (secondary N) is 1. The molecule has 3 aromatic rings. The molecule has 3 heterocycles. The molecule has 0 atom stereocenters. The molecule has 0 aliphatic carbocycles. The maximum Gasteiger partial charge on any atom is 0.223 e. The summed E-state index contributed by atoms with van der Waals surface area (Å²) < 4.78 is 1.68. The van der Waals surface area contributed by atoms with Gasteiger partial charge in [0.05, 0.1) is 0 Å². The van der Waals surface area contributed by atoms with Gasteiger partial charge in [-0.3, -0.25) is 4.79 Å². The third-order valence-electron chi connectivity index (χ3n) is 4.92. The minimum absolute atomic E-state index is 0.0651. The number of amides is 1. The second-order valence-electron chi connectivity index (χ2n) is 6.79. The molecule has 1 fully saturated rings. The van der Waals surface area contributed by atoms with Crippen LogP contribution in [0.4, 0.5) is 5.82 Å². The van der Waals surface area contributed by atoms with E-state index in [9.17, 15) is 4.79 Å². The van der Waals surface area contributed by atoms with Gasteiger partial charge in [0, 0.05) is 25.6 Å². The third-order valence-corrected chi connectivity index (χ3v) is 4.92. The summed E-state index contributed by atoms with van der Waals surface area (Å²) in [7, 11) is 0. The van der Waals surface area contributed by atoms with E-state index < -0.39 is 0 Å².